The molecule has 0 spiro atoms. The number of rotatable bonds is 6. The number of methoxy groups -OCH3 is 1. The lowest BCUT2D eigenvalue weighted by molar-refractivity contribution is 0.122. The van der Waals surface area contributed by atoms with Crippen LogP contribution in [0.5, 0.6) is 11.6 Å². The molecule has 0 radical (unpaired) electrons. The molecule has 2 fully saturated rings. The van der Waals surface area contributed by atoms with Gasteiger partial charge in [-0.25, -0.2) is 15.0 Å². The quantitative estimate of drug-likeness (QED) is 0.625. The summed E-state index contributed by atoms with van der Waals surface area (Å²) in [5, 5.41) is 3.47. The molecule has 3 aromatic rings. The van der Waals surface area contributed by atoms with Crippen LogP contribution < -0.4 is 19.7 Å². The van der Waals surface area contributed by atoms with E-state index in [1.54, 1.807) is 31.9 Å². The van der Waals surface area contributed by atoms with E-state index in [9.17, 15) is 0 Å². The van der Waals surface area contributed by atoms with Gasteiger partial charge in [0.25, 0.3) is 5.88 Å². The molecule has 1 aliphatic heterocycles. The van der Waals surface area contributed by atoms with Crippen molar-refractivity contribution in [2.45, 2.75) is 37.8 Å². The van der Waals surface area contributed by atoms with Crippen molar-refractivity contribution in [1.82, 2.24) is 19.9 Å². The third-order valence-electron chi connectivity index (χ3n) is 6.07. The van der Waals surface area contributed by atoms with Crippen LogP contribution in [0.25, 0.3) is 11.0 Å². The zero-order valence-corrected chi connectivity index (χ0v) is 18.2. The number of hydrogen-bond donors (Lipinski definition) is 1. The first-order valence-electron chi connectivity index (χ1n) is 11.2. The molecule has 1 aromatic carbocycles. The fraction of sp³-hybridized carbons (Fsp3) is 0.478. The van der Waals surface area contributed by atoms with Crippen molar-refractivity contribution in [1.29, 1.82) is 0 Å². The summed E-state index contributed by atoms with van der Waals surface area (Å²) in [6.45, 7) is 3.21. The van der Waals surface area contributed by atoms with Crippen LogP contribution in [0.3, 0.4) is 0 Å². The van der Waals surface area contributed by atoms with Crippen molar-refractivity contribution >= 4 is 22.5 Å². The maximum Gasteiger partial charge on any atom is 0.257 e. The molecule has 0 bridgehead atoms. The fourth-order valence-electron chi connectivity index (χ4n) is 4.39. The van der Waals surface area contributed by atoms with E-state index in [0.717, 1.165) is 74.5 Å². The number of ether oxygens (including phenoxy) is 3. The molecule has 32 heavy (non-hydrogen) atoms. The largest absolute Gasteiger partial charge is 0.488 e. The predicted octanol–water partition coefficient (Wildman–Crippen LogP) is 3.07. The van der Waals surface area contributed by atoms with Crippen molar-refractivity contribution in [3.05, 3.63) is 36.9 Å². The zero-order valence-electron chi connectivity index (χ0n) is 18.2. The van der Waals surface area contributed by atoms with Gasteiger partial charge < -0.3 is 24.4 Å². The second-order valence-corrected chi connectivity index (χ2v) is 8.12. The third-order valence-corrected chi connectivity index (χ3v) is 6.07. The van der Waals surface area contributed by atoms with Gasteiger partial charge in [-0.15, -0.1) is 0 Å². The van der Waals surface area contributed by atoms with Gasteiger partial charge in [-0.05, 0) is 31.7 Å². The van der Waals surface area contributed by atoms with E-state index in [0.29, 0.717) is 17.7 Å². The highest BCUT2D eigenvalue weighted by Gasteiger charge is 2.25. The predicted molar refractivity (Wildman–Crippen MR) is 121 cm³/mol. The van der Waals surface area contributed by atoms with E-state index in [-0.39, 0.29) is 6.10 Å². The first-order valence-corrected chi connectivity index (χ1v) is 11.2. The van der Waals surface area contributed by atoms with E-state index >= 15 is 0 Å². The van der Waals surface area contributed by atoms with Crippen molar-refractivity contribution in [2.75, 3.05) is 43.6 Å². The molecule has 1 N–H and O–H groups in total. The molecule has 2 aromatic heterocycles. The second kappa shape index (κ2) is 9.52. The van der Waals surface area contributed by atoms with E-state index in [2.05, 4.69) is 42.3 Å². The lowest BCUT2D eigenvalue weighted by Crippen LogP contribution is -2.36. The topological polar surface area (TPSA) is 94.5 Å². The van der Waals surface area contributed by atoms with Gasteiger partial charge in [0.2, 0.25) is 0 Å². The van der Waals surface area contributed by atoms with E-state index < -0.39 is 0 Å². The third kappa shape index (κ3) is 4.52. The Kier molecular flexibility index (Phi) is 6.15. The average Bonchev–Trinajstić information content (AvgIpc) is 2.86. The molecular weight excluding hydrogens is 408 g/mol. The van der Waals surface area contributed by atoms with Crippen LogP contribution in [-0.4, -0.2) is 65.5 Å². The summed E-state index contributed by atoms with van der Waals surface area (Å²) in [6.07, 6.45) is 10.8. The lowest BCUT2D eigenvalue weighted by Gasteiger charge is -2.31. The average molecular weight is 437 g/mol. The van der Waals surface area contributed by atoms with Crippen LogP contribution in [0.2, 0.25) is 0 Å². The van der Waals surface area contributed by atoms with Gasteiger partial charge in [-0.1, -0.05) is 0 Å². The Morgan fingerprint density at radius 2 is 1.69 bits per heavy atom. The molecule has 1 aliphatic carbocycles. The molecule has 5 rings (SSSR count). The highest BCUT2D eigenvalue weighted by molar-refractivity contribution is 5.85. The van der Waals surface area contributed by atoms with E-state index in [4.69, 9.17) is 14.2 Å². The molecule has 0 amide bonds. The first kappa shape index (κ1) is 20.7. The minimum absolute atomic E-state index is 0.141. The summed E-state index contributed by atoms with van der Waals surface area (Å²) < 4.78 is 17.3. The molecule has 0 unspecified atom stereocenters. The molecule has 0 atom stereocenters. The number of benzene rings is 1. The monoisotopic (exact) mass is 436 g/mol. The maximum absolute atomic E-state index is 6.50. The molecular formula is C23H28N6O3. The van der Waals surface area contributed by atoms with E-state index in [1.807, 2.05) is 0 Å². The SMILES string of the molecule is COc1nccnc1N[C@H]1CC[C@@H](Oc2cc(N3CCOCC3)cc3nccnc23)CC1. The molecule has 9 nitrogen and oxygen atoms in total. The van der Waals surface area contributed by atoms with Crippen LogP contribution >= 0.6 is 0 Å². The molecule has 1 saturated heterocycles. The van der Waals surface area contributed by atoms with Crippen LogP contribution in [0.1, 0.15) is 25.7 Å². The Balaban J connectivity index is 1.28. The fourth-order valence-corrected chi connectivity index (χ4v) is 4.39. The standard InChI is InChI=1S/C23H28N6O3/c1-30-23-22(26-8-9-27-23)28-16-2-4-18(5-3-16)32-20-15-17(29-10-12-31-13-11-29)14-19-21(20)25-7-6-24-19/h6-9,14-16,18H,2-5,10-13H2,1H3,(H,26,28)/t16-,18+. The number of morpholine rings is 1. The van der Waals surface area contributed by atoms with Crippen LogP contribution in [0.4, 0.5) is 11.5 Å². The Bertz CT molecular complexity index is 1050. The molecule has 1 saturated carbocycles. The zero-order chi connectivity index (χ0) is 21.8. The van der Waals surface area contributed by atoms with Gasteiger partial charge >= 0.3 is 0 Å². The number of fused-ring (bicyclic) bond motifs is 1. The maximum atomic E-state index is 6.50. The van der Waals surface area contributed by atoms with Crippen LogP contribution in [0.15, 0.2) is 36.9 Å². The summed E-state index contributed by atoms with van der Waals surface area (Å²) >= 11 is 0. The highest BCUT2D eigenvalue weighted by atomic mass is 16.5. The minimum atomic E-state index is 0.141. The van der Waals surface area contributed by atoms with Crippen LogP contribution in [0, 0.1) is 0 Å². The van der Waals surface area contributed by atoms with Crippen molar-refractivity contribution in [2.24, 2.45) is 0 Å². The van der Waals surface area contributed by atoms with Gasteiger partial charge in [0.1, 0.15) is 11.3 Å². The molecule has 9 heteroatoms. The lowest BCUT2D eigenvalue weighted by atomic mass is 9.93. The number of hydrogen-bond acceptors (Lipinski definition) is 9. The molecule has 168 valence electrons. The summed E-state index contributed by atoms with van der Waals surface area (Å²) in [6, 6.07) is 4.52. The second-order valence-electron chi connectivity index (χ2n) is 8.12. The van der Waals surface area contributed by atoms with E-state index in [1.165, 1.54) is 0 Å². The first-order chi connectivity index (χ1) is 15.8. The smallest absolute Gasteiger partial charge is 0.257 e. The number of anilines is 2. The summed E-state index contributed by atoms with van der Waals surface area (Å²) in [5.74, 6) is 2.03. The summed E-state index contributed by atoms with van der Waals surface area (Å²) in [5.41, 5.74) is 2.78. The van der Waals surface area contributed by atoms with Crippen molar-refractivity contribution in [3.63, 3.8) is 0 Å². The number of nitrogens with one attached hydrogen (secondary N) is 1. The van der Waals surface area contributed by atoms with Crippen molar-refractivity contribution in [3.8, 4) is 11.6 Å². The Hall–Kier alpha value is -3.20. The minimum Gasteiger partial charge on any atom is -0.488 e. The van der Waals surface area contributed by atoms with Crippen LogP contribution in [-0.2, 0) is 4.74 Å². The number of nitrogens with zero attached hydrogens (tertiary/aromatic N) is 5. The summed E-state index contributed by atoms with van der Waals surface area (Å²) in [4.78, 5) is 20.0. The number of aromatic nitrogens is 4. The summed E-state index contributed by atoms with van der Waals surface area (Å²) in [7, 11) is 1.61. The Morgan fingerprint density at radius 3 is 2.50 bits per heavy atom. The van der Waals surface area contributed by atoms with Gasteiger partial charge in [-0.3, -0.25) is 4.98 Å². The van der Waals surface area contributed by atoms with Crippen molar-refractivity contribution < 1.29 is 14.2 Å². The van der Waals surface area contributed by atoms with Gasteiger partial charge in [0, 0.05) is 55.7 Å². The van der Waals surface area contributed by atoms with Gasteiger partial charge in [0.15, 0.2) is 5.82 Å². The highest BCUT2D eigenvalue weighted by Crippen LogP contribution is 2.33. The van der Waals surface area contributed by atoms with Gasteiger partial charge in [-0.2, -0.15) is 0 Å². The Morgan fingerprint density at radius 1 is 0.938 bits per heavy atom. The molecule has 2 aliphatic rings. The van der Waals surface area contributed by atoms with Gasteiger partial charge in [0.05, 0.1) is 31.9 Å². The Labute approximate surface area is 187 Å². The molecule has 3 heterocycles. The normalized spacial score (nSPS) is 21.3.